The molecule has 1 amide bonds. The lowest BCUT2D eigenvalue weighted by molar-refractivity contribution is -0.138. The Bertz CT molecular complexity index is 465. The Morgan fingerprint density at radius 1 is 1.22 bits per heavy atom. The van der Waals surface area contributed by atoms with E-state index in [1.807, 2.05) is 0 Å². The highest BCUT2D eigenvalue weighted by Crippen LogP contribution is 2.37. The van der Waals surface area contributed by atoms with Crippen LogP contribution in [0.3, 0.4) is 0 Å². The van der Waals surface area contributed by atoms with E-state index in [0.29, 0.717) is 13.1 Å². The van der Waals surface area contributed by atoms with E-state index in [1.54, 1.807) is 0 Å². The van der Waals surface area contributed by atoms with Gasteiger partial charge < -0.3 is 10.0 Å². The SMILES string of the molecule is O=C(c1cccc(C(F)(F)F)c1O)N1CCCC1. The molecular formula is C12H12F3NO2. The first-order valence-electron chi connectivity index (χ1n) is 5.59. The average molecular weight is 259 g/mol. The maximum absolute atomic E-state index is 12.6. The number of rotatable bonds is 1. The number of nitrogens with zero attached hydrogens (tertiary/aromatic N) is 1. The number of amides is 1. The number of phenolic OH excluding ortho intramolecular Hbond substituents is 1. The van der Waals surface area contributed by atoms with E-state index in [-0.39, 0.29) is 5.56 Å². The molecule has 0 atom stereocenters. The first-order valence-corrected chi connectivity index (χ1v) is 5.59. The van der Waals surface area contributed by atoms with Crippen LogP contribution in [0.5, 0.6) is 5.75 Å². The van der Waals surface area contributed by atoms with Gasteiger partial charge in [-0.2, -0.15) is 13.2 Å². The fraction of sp³-hybridized carbons (Fsp3) is 0.417. The molecule has 1 heterocycles. The molecule has 6 heteroatoms. The van der Waals surface area contributed by atoms with Crippen LogP contribution in [0.25, 0.3) is 0 Å². The van der Waals surface area contributed by atoms with Gasteiger partial charge in [0.15, 0.2) is 0 Å². The van der Waals surface area contributed by atoms with E-state index < -0.39 is 23.4 Å². The van der Waals surface area contributed by atoms with Gasteiger partial charge in [0.2, 0.25) is 0 Å². The van der Waals surface area contributed by atoms with Crippen molar-refractivity contribution in [2.75, 3.05) is 13.1 Å². The second-order valence-corrected chi connectivity index (χ2v) is 4.20. The summed E-state index contributed by atoms with van der Waals surface area (Å²) in [6.07, 6.45) is -2.98. The molecule has 3 nitrogen and oxygen atoms in total. The Morgan fingerprint density at radius 2 is 1.83 bits per heavy atom. The zero-order valence-corrected chi connectivity index (χ0v) is 9.50. The molecule has 1 fully saturated rings. The second-order valence-electron chi connectivity index (χ2n) is 4.20. The molecule has 1 aliphatic rings. The first-order chi connectivity index (χ1) is 8.41. The lowest BCUT2D eigenvalue weighted by Crippen LogP contribution is -2.28. The summed E-state index contributed by atoms with van der Waals surface area (Å²) >= 11 is 0. The third-order valence-corrected chi connectivity index (χ3v) is 2.97. The molecule has 1 saturated heterocycles. The zero-order valence-electron chi connectivity index (χ0n) is 9.50. The number of carbonyl (C=O) groups is 1. The summed E-state index contributed by atoms with van der Waals surface area (Å²) in [5.74, 6) is -1.53. The van der Waals surface area contributed by atoms with Gasteiger partial charge in [0.1, 0.15) is 5.75 Å². The van der Waals surface area contributed by atoms with Crippen molar-refractivity contribution in [2.45, 2.75) is 19.0 Å². The van der Waals surface area contributed by atoms with Gasteiger partial charge in [0.05, 0.1) is 11.1 Å². The number of carbonyl (C=O) groups excluding carboxylic acids is 1. The Labute approximate surface area is 102 Å². The van der Waals surface area contributed by atoms with Crippen LogP contribution in [-0.2, 0) is 6.18 Å². The van der Waals surface area contributed by atoms with Gasteiger partial charge in [-0.15, -0.1) is 0 Å². The van der Waals surface area contributed by atoms with Crippen LogP contribution in [0.2, 0.25) is 0 Å². The molecule has 2 rings (SSSR count). The van der Waals surface area contributed by atoms with Crippen molar-refractivity contribution < 1.29 is 23.1 Å². The summed E-state index contributed by atoms with van der Waals surface area (Å²) in [5.41, 5.74) is -1.46. The normalized spacial score (nSPS) is 16.1. The van der Waals surface area contributed by atoms with E-state index in [0.717, 1.165) is 25.0 Å². The Balaban J connectivity index is 2.36. The third kappa shape index (κ3) is 2.27. The molecule has 1 aromatic carbocycles. The van der Waals surface area contributed by atoms with Crippen molar-refractivity contribution in [1.29, 1.82) is 0 Å². The van der Waals surface area contributed by atoms with Crippen LogP contribution in [0.15, 0.2) is 18.2 Å². The summed E-state index contributed by atoms with van der Waals surface area (Å²) in [4.78, 5) is 13.4. The zero-order chi connectivity index (χ0) is 13.3. The van der Waals surface area contributed by atoms with Crippen molar-refractivity contribution in [1.82, 2.24) is 4.90 Å². The number of aromatic hydroxyl groups is 1. The lowest BCUT2D eigenvalue weighted by Gasteiger charge is -2.17. The van der Waals surface area contributed by atoms with Crippen LogP contribution in [0.1, 0.15) is 28.8 Å². The minimum Gasteiger partial charge on any atom is -0.506 e. The summed E-state index contributed by atoms with van der Waals surface area (Å²) in [7, 11) is 0. The minimum atomic E-state index is -4.66. The van der Waals surface area contributed by atoms with E-state index in [1.165, 1.54) is 11.0 Å². The standard InChI is InChI=1S/C12H12F3NO2/c13-12(14,15)9-5-3-4-8(10(9)17)11(18)16-6-1-2-7-16/h3-5,17H,1-2,6-7H2. The van der Waals surface area contributed by atoms with Gasteiger partial charge in [-0.3, -0.25) is 4.79 Å². The predicted molar refractivity (Wildman–Crippen MR) is 58.2 cm³/mol. The predicted octanol–water partition coefficient (Wildman–Crippen LogP) is 2.65. The monoisotopic (exact) mass is 259 g/mol. The van der Waals surface area contributed by atoms with E-state index in [2.05, 4.69) is 0 Å². The summed E-state index contributed by atoms with van der Waals surface area (Å²) in [6, 6.07) is 3.10. The van der Waals surface area contributed by atoms with Crippen molar-refractivity contribution in [3.8, 4) is 5.75 Å². The highest BCUT2D eigenvalue weighted by Gasteiger charge is 2.36. The number of likely N-dealkylation sites (tertiary alicyclic amines) is 1. The smallest absolute Gasteiger partial charge is 0.419 e. The second kappa shape index (κ2) is 4.51. The summed E-state index contributed by atoms with van der Waals surface area (Å²) in [5, 5.41) is 9.59. The maximum Gasteiger partial charge on any atom is 0.419 e. The Hall–Kier alpha value is -1.72. The number of halogens is 3. The Morgan fingerprint density at radius 3 is 2.39 bits per heavy atom. The third-order valence-electron chi connectivity index (χ3n) is 2.97. The van der Waals surface area contributed by atoms with Crippen LogP contribution in [0, 0.1) is 0 Å². The van der Waals surface area contributed by atoms with E-state index in [9.17, 15) is 23.1 Å². The van der Waals surface area contributed by atoms with Gasteiger partial charge >= 0.3 is 6.18 Å². The maximum atomic E-state index is 12.6. The van der Waals surface area contributed by atoms with Gasteiger partial charge in [0, 0.05) is 13.1 Å². The highest BCUT2D eigenvalue weighted by molar-refractivity contribution is 5.97. The molecule has 98 valence electrons. The van der Waals surface area contributed by atoms with Crippen LogP contribution in [-0.4, -0.2) is 29.0 Å². The lowest BCUT2D eigenvalue weighted by atomic mass is 10.1. The summed E-state index contributed by atoms with van der Waals surface area (Å²) < 4.78 is 37.8. The molecule has 18 heavy (non-hydrogen) atoms. The molecule has 0 bridgehead atoms. The van der Waals surface area contributed by atoms with E-state index in [4.69, 9.17) is 0 Å². The molecule has 0 aromatic heterocycles. The van der Waals surface area contributed by atoms with E-state index >= 15 is 0 Å². The van der Waals surface area contributed by atoms with Crippen molar-refractivity contribution in [3.63, 3.8) is 0 Å². The number of para-hydroxylation sites is 1. The molecule has 0 radical (unpaired) electrons. The fourth-order valence-electron chi connectivity index (χ4n) is 2.04. The fourth-order valence-corrected chi connectivity index (χ4v) is 2.04. The van der Waals surface area contributed by atoms with Crippen molar-refractivity contribution in [3.05, 3.63) is 29.3 Å². The largest absolute Gasteiger partial charge is 0.506 e. The van der Waals surface area contributed by atoms with Crippen LogP contribution in [0.4, 0.5) is 13.2 Å². The van der Waals surface area contributed by atoms with Crippen LogP contribution < -0.4 is 0 Å². The average Bonchev–Trinajstić information content (AvgIpc) is 2.80. The number of hydrogen-bond donors (Lipinski definition) is 1. The molecule has 1 aromatic rings. The minimum absolute atomic E-state index is 0.285. The van der Waals surface area contributed by atoms with Crippen molar-refractivity contribution in [2.24, 2.45) is 0 Å². The number of alkyl halides is 3. The van der Waals surface area contributed by atoms with Gasteiger partial charge in [0.25, 0.3) is 5.91 Å². The topological polar surface area (TPSA) is 40.5 Å². The molecule has 0 aliphatic carbocycles. The Kier molecular flexibility index (Phi) is 3.19. The molecule has 0 unspecified atom stereocenters. The first kappa shape index (κ1) is 12.7. The van der Waals surface area contributed by atoms with Gasteiger partial charge in [-0.05, 0) is 25.0 Å². The number of benzene rings is 1. The van der Waals surface area contributed by atoms with Gasteiger partial charge in [-0.1, -0.05) is 6.07 Å². The number of hydrogen-bond acceptors (Lipinski definition) is 2. The molecule has 0 spiro atoms. The van der Waals surface area contributed by atoms with Gasteiger partial charge in [-0.25, -0.2) is 0 Å². The number of phenols is 1. The molecular weight excluding hydrogens is 247 g/mol. The quantitative estimate of drug-likeness (QED) is 0.842. The van der Waals surface area contributed by atoms with Crippen molar-refractivity contribution >= 4 is 5.91 Å². The molecule has 0 saturated carbocycles. The van der Waals surface area contributed by atoms with Crippen LogP contribution >= 0.6 is 0 Å². The molecule has 1 aliphatic heterocycles. The molecule has 1 N–H and O–H groups in total. The highest BCUT2D eigenvalue weighted by atomic mass is 19.4. The summed E-state index contributed by atoms with van der Waals surface area (Å²) in [6.45, 7) is 1.04.